The third-order valence-electron chi connectivity index (χ3n) is 4.57. The molecule has 0 fully saturated rings. The molecule has 0 saturated heterocycles. The molecule has 0 spiro atoms. The number of benzene rings is 3. The van der Waals surface area contributed by atoms with E-state index in [1.54, 1.807) is 18.2 Å². The summed E-state index contributed by atoms with van der Waals surface area (Å²) in [7, 11) is 0. The number of carbonyl (C=O) groups excluding carboxylic acids is 1. The average molecular weight is 514 g/mol. The molecule has 0 atom stereocenters. The zero-order valence-electron chi connectivity index (χ0n) is 16.3. The first kappa shape index (κ1) is 21.7. The Morgan fingerprint density at radius 2 is 1.88 bits per heavy atom. The molecule has 4 rings (SSSR count). The summed E-state index contributed by atoms with van der Waals surface area (Å²) in [5.41, 5.74) is 1.80. The molecule has 0 bridgehead atoms. The Balaban J connectivity index is 1.60. The molecular formula is C23H14BrClN2O5. The molecular weight excluding hydrogens is 500 g/mol. The van der Waals surface area contributed by atoms with Crippen molar-refractivity contribution in [3.05, 3.63) is 109 Å². The number of hydrogen-bond acceptors (Lipinski definition) is 6. The number of rotatable bonds is 6. The van der Waals surface area contributed by atoms with Gasteiger partial charge >= 0.3 is 5.97 Å². The van der Waals surface area contributed by atoms with E-state index in [0.717, 1.165) is 10.0 Å². The van der Waals surface area contributed by atoms with Crippen LogP contribution < -0.4 is 4.74 Å². The molecule has 7 nitrogen and oxygen atoms in total. The van der Waals surface area contributed by atoms with Crippen molar-refractivity contribution in [2.24, 2.45) is 4.99 Å². The van der Waals surface area contributed by atoms with E-state index in [0.29, 0.717) is 17.9 Å². The quantitative estimate of drug-likeness (QED) is 0.176. The number of nitro benzene ring substituents is 1. The van der Waals surface area contributed by atoms with Crippen molar-refractivity contribution in [2.45, 2.75) is 6.61 Å². The fourth-order valence-corrected chi connectivity index (χ4v) is 3.62. The average Bonchev–Trinajstić information content (AvgIpc) is 3.13. The van der Waals surface area contributed by atoms with Crippen LogP contribution in [0.1, 0.15) is 16.7 Å². The van der Waals surface area contributed by atoms with Crippen LogP contribution in [0.2, 0.25) is 5.02 Å². The molecule has 3 aromatic carbocycles. The fraction of sp³-hybridized carbons (Fsp3) is 0.0435. The molecule has 3 aromatic rings. The topological polar surface area (TPSA) is 91.0 Å². The van der Waals surface area contributed by atoms with E-state index in [-0.39, 0.29) is 27.9 Å². The standard InChI is InChI=1S/C23H14BrClN2O5/c24-18-7-3-1-6-15(18)13-31-21-8-4-2-5-14(21)11-20-23(28)32-22(26-20)17-10-9-16(27(29)30)12-19(17)25/h1-12H,13H2/b20-11+. The lowest BCUT2D eigenvalue weighted by atomic mass is 10.1. The molecule has 0 aliphatic carbocycles. The van der Waals surface area contributed by atoms with Gasteiger partial charge in [0.15, 0.2) is 5.70 Å². The Morgan fingerprint density at radius 3 is 2.62 bits per heavy atom. The Hall–Kier alpha value is -3.49. The lowest BCUT2D eigenvalue weighted by Crippen LogP contribution is -2.06. The van der Waals surface area contributed by atoms with Gasteiger partial charge < -0.3 is 9.47 Å². The first-order valence-corrected chi connectivity index (χ1v) is 10.5. The van der Waals surface area contributed by atoms with Crippen molar-refractivity contribution in [1.82, 2.24) is 0 Å². The summed E-state index contributed by atoms with van der Waals surface area (Å²) in [6.45, 7) is 0.332. The van der Waals surface area contributed by atoms with E-state index in [1.165, 1.54) is 18.2 Å². The van der Waals surface area contributed by atoms with E-state index < -0.39 is 10.9 Å². The molecule has 1 aliphatic heterocycles. The van der Waals surface area contributed by atoms with Crippen LogP contribution in [-0.2, 0) is 16.1 Å². The summed E-state index contributed by atoms with van der Waals surface area (Å²) in [6.07, 6.45) is 1.56. The van der Waals surface area contributed by atoms with Crippen LogP contribution in [0.3, 0.4) is 0 Å². The number of hydrogen-bond donors (Lipinski definition) is 0. The highest BCUT2D eigenvalue weighted by atomic mass is 79.9. The second kappa shape index (κ2) is 9.33. The van der Waals surface area contributed by atoms with Gasteiger partial charge in [-0.05, 0) is 24.3 Å². The van der Waals surface area contributed by atoms with Crippen LogP contribution >= 0.6 is 27.5 Å². The highest BCUT2D eigenvalue weighted by Crippen LogP contribution is 2.29. The second-order valence-corrected chi connectivity index (χ2v) is 7.94. The van der Waals surface area contributed by atoms with E-state index in [1.807, 2.05) is 36.4 Å². The van der Waals surface area contributed by atoms with Gasteiger partial charge in [0.2, 0.25) is 5.90 Å². The van der Waals surface area contributed by atoms with E-state index in [9.17, 15) is 14.9 Å². The van der Waals surface area contributed by atoms with Gasteiger partial charge in [0, 0.05) is 27.7 Å². The lowest BCUT2D eigenvalue weighted by Gasteiger charge is -2.10. The van der Waals surface area contributed by atoms with Crippen LogP contribution in [0, 0.1) is 10.1 Å². The van der Waals surface area contributed by atoms with Crippen LogP contribution in [-0.4, -0.2) is 16.8 Å². The maximum absolute atomic E-state index is 12.4. The van der Waals surface area contributed by atoms with Gasteiger partial charge in [0.1, 0.15) is 12.4 Å². The maximum atomic E-state index is 12.4. The zero-order valence-corrected chi connectivity index (χ0v) is 18.7. The Kier molecular flexibility index (Phi) is 6.34. The summed E-state index contributed by atoms with van der Waals surface area (Å²) < 4.78 is 12.1. The number of para-hydroxylation sites is 1. The molecule has 1 heterocycles. The van der Waals surface area contributed by atoms with E-state index in [2.05, 4.69) is 20.9 Å². The highest BCUT2D eigenvalue weighted by molar-refractivity contribution is 9.10. The molecule has 160 valence electrons. The summed E-state index contributed by atoms with van der Waals surface area (Å²) in [4.78, 5) is 26.9. The minimum Gasteiger partial charge on any atom is -0.488 e. The number of nitrogens with zero attached hydrogens (tertiary/aromatic N) is 2. The molecule has 0 radical (unpaired) electrons. The number of ether oxygens (including phenoxy) is 2. The minimum absolute atomic E-state index is 0.0206. The summed E-state index contributed by atoms with van der Waals surface area (Å²) in [6, 6.07) is 18.8. The number of aliphatic imine (C=N–C) groups is 1. The van der Waals surface area contributed by atoms with Crippen molar-refractivity contribution < 1.29 is 19.2 Å². The summed E-state index contributed by atoms with van der Waals surface area (Å²) >= 11 is 9.62. The molecule has 1 aliphatic rings. The smallest absolute Gasteiger partial charge is 0.363 e. The van der Waals surface area contributed by atoms with Crippen LogP contribution in [0.25, 0.3) is 6.08 Å². The Labute approximate surface area is 196 Å². The third kappa shape index (κ3) is 4.71. The van der Waals surface area contributed by atoms with E-state index in [4.69, 9.17) is 21.1 Å². The number of nitro groups is 1. The van der Waals surface area contributed by atoms with Gasteiger partial charge in [-0.25, -0.2) is 9.79 Å². The predicted octanol–water partition coefficient (Wildman–Crippen LogP) is 5.93. The minimum atomic E-state index is -0.657. The largest absolute Gasteiger partial charge is 0.488 e. The molecule has 32 heavy (non-hydrogen) atoms. The monoisotopic (exact) mass is 512 g/mol. The van der Waals surface area contributed by atoms with Gasteiger partial charge in [-0.2, -0.15) is 0 Å². The van der Waals surface area contributed by atoms with Gasteiger partial charge in [-0.1, -0.05) is 63.9 Å². The Bertz CT molecular complexity index is 1290. The summed E-state index contributed by atoms with van der Waals surface area (Å²) in [5.74, 6) is -0.108. The molecule has 0 unspecified atom stereocenters. The fourth-order valence-electron chi connectivity index (χ4n) is 2.96. The Morgan fingerprint density at radius 1 is 1.12 bits per heavy atom. The summed E-state index contributed by atoms with van der Waals surface area (Å²) in [5, 5.41) is 11.0. The third-order valence-corrected chi connectivity index (χ3v) is 5.65. The van der Waals surface area contributed by atoms with Crippen molar-refractivity contribution in [3.63, 3.8) is 0 Å². The van der Waals surface area contributed by atoms with Crippen LogP contribution in [0.5, 0.6) is 5.75 Å². The van der Waals surface area contributed by atoms with Gasteiger partial charge in [-0.15, -0.1) is 0 Å². The number of non-ortho nitro benzene ring substituents is 1. The molecule has 9 heteroatoms. The van der Waals surface area contributed by atoms with Crippen molar-refractivity contribution in [2.75, 3.05) is 0 Å². The van der Waals surface area contributed by atoms with Gasteiger partial charge in [0.05, 0.1) is 15.5 Å². The first-order chi connectivity index (χ1) is 15.4. The predicted molar refractivity (Wildman–Crippen MR) is 124 cm³/mol. The lowest BCUT2D eigenvalue weighted by molar-refractivity contribution is -0.384. The number of carbonyl (C=O) groups is 1. The molecule has 0 saturated carbocycles. The highest BCUT2D eigenvalue weighted by Gasteiger charge is 2.27. The van der Waals surface area contributed by atoms with Crippen LogP contribution in [0.15, 0.2) is 81.9 Å². The normalized spacial score (nSPS) is 14.2. The first-order valence-electron chi connectivity index (χ1n) is 9.34. The van der Waals surface area contributed by atoms with Crippen molar-refractivity contribution >= 4 is 51.2 Å². The van der Waals surface area contributed by atoms with Crippen LogP contribution in [0.4, 0.5) is 5.69 Å². The number of cyclic esters (lactones) is 1. The van der Waals surface area contributed by atoms with E-state index >= 15 is 0 Å². The van der Waals surface area contributed by atoms with Gasteiger partial charge in [0.25, 0.3) is 5.69 Å². The maximum Gasteiger partial charge on any atom is 0.363 e. The second-order valence-electron chi connectivity index (χ2n) is 6.68. The SMILES string of the molecule is O=C1OC(c2ccc([N+](=O)[O-])cc2Cl)=N/C1=C/c1ccccc1OCc1ccccc1Br. The van der Waals surface area contributed by atoms with Crippen molar-refractivity contribution in [3.8, 4) is 5.75 Å². The van der Waals surface area contributed by atoms with Crippen molar-refractivity contribution in [1.29, 1.82) is 0 Å². The zero-order chi connectivity index (χ0) is 22.7. The molecule has 0 N–H and O–H groups in total. The molecule has 0 aromatic heterocycles. The number of esters is 1. The number of halogens is 2. The van der Waals surface area contributed by atoms with Gasteiger partial charge in [-0.3, -0.25) is 10.1 Å². The molecule has 0 amide bonds.